The molecular weight excluding hydrogens is 333 g/mol. The first-order valence-corrected chi connectivity index (χ1v) is 9.09. The molecule has 1 N–H and O–H groups in total. The molecule has 4 nitrogen and oxygen atoms in total. The van der Waals surface area contributed by atoms with Crippen molar-refractivity contribution < 1.29 is 13.5 Å². The Labute approximate surface area is 135 Å². The third-order valence-electron chi connectivity index (χ3n) is 4.17. The summed E-state index contributed by atoms with van der Waals surface area (Å²) in [4.78, 5) is 0.0126. The number of hydrogen-bond acceptors (Lipinski definition) is 3. The zero-order valence-corrected chi connectivity index (χ0v) is 14.3. The maximum atomic E-state index is 12.9. The van der Waals surface area contributed by atoms with E-state index in [1.54, 1.807) is 0 Å². The van der Waals surface area contributed by atoms with Gasteiger partial charge in [-0.2, -0.15) is 4.31 Å². The Kier molecular flexibility index (Phi) is 5.21. The van der Waals surface area contributed by atoms with E-state index in [0.717, 1.165) is 12.8 Å². The van der Waals surface area contributed by atoms with E-state index in [4.69, 9.17) is 23.2 Å². The summed E-state index contributed by atoms with van der Waals surface area (Å²) in [7, 11) is -3.69. The van der Waals surface area contributed by atoms with Crippen LogP contribution in [0.2, 0.25) is 10.0 Å². The number of halogens is 2. The molecule has 1 aliphatic rings. The molecule has 0 aromatic heterocycles. The number of hydrogen-bond donors (Lipinski definition) is 1. The fourth-order valence-electron chi connectivity index (χ4n) is 2.65. The summed E-state index contributed by atoms with van der Waals surface area (Å²) in [5, 5.41) is 9.62. The first-order chi connectivity index (χ1) is 9.78. The fraction of sp³-hybridized carbons (Fsp3) is 0.571. The van der Waals surface area contributed by atoms with Crippen molar-refractivity contribution >= 4 is 33.2 Å². The summed E-state index contributed by atoms with van der Waals surface area (Å²) < 4.78 is 27.2. The van der Waals surface area contributed by atoms with E-state index >= 15 is 0 Å². The second kappa shape index (κ2) is 6.42. The molecule has 2 unspecified atom stereocenters. The quantitative estimate of drug-likeness (QED) is 0.908. The van der Waals surface area contributed by atoms with Crippen LogP contribution in [0.1, 0.15) is 32.3 Å². The molecule has 1 aliphatic heterocycles. The van der Waals surface area contributed by atoms with E-state index in [1.807, 2.05) is 6.92 Å². The van der Waals surface area contributed by atoms with Gasteiger partial charge in [0, 0.05) is 17.6 Å². The fourth-order valence-corrected chi connectivity index (χ4v) is 5.25. The predicted molar refractivity (Wildman–Crippen MR) is 84.1 cm³/mol. The lowest BCUT2D eigenvalue weighted by atomic mass is 9.94. The van der Waals surface area contributed by atoms with Gasteiger partial charge in [0.1, 0.15) is 4.90 Å². The Morgan fingerprint density at radius 2 is 1.95 bits per heavy atom. The van der Waals surface area contributed by atoms with Gasteiger partial charge in [0.05, 0.1) is 11.6 Å². The topological polar surface area (TPSA) is 57.6 Å². The standard InChI is InChI=1S/C14H19Cl2NO3S/c1-9-4-3-5-17(10(9)2)21(19,20)14-6-11(8-18)12(15)7-13(14)16/h6-7,9-10,18H,3-5,8H2,1-2H3. The normalized spacial score (nSPS) is 24.2. The maximum Gasteiger partial charge on any atom is 0.244 e. The van der Waals surface area contributed by atoms with Gasteiger partial charge in [-0.25, -0.2) is 8.42 Å². The zero-order valence-electron chi connectivity index (χ0n) is 12.0. The Morgan fingerprint density at radius 3 is 2.57 bits per heavy atom. The monoisotopic (exact) mass is 351 g/mol. The van der Waals surface area contributed by atoms with Crippen molar-refractivity contribution in [1.82, 2.24) is 4.31 Å². The van der Waals surface area contributed by atoms with Gasteiger partial charge in [-0.1, -0.05) is 30.1 Å². The largest absolute Gasteiger partial charge is 0.392 e. The van der Waals surface area contributed by atoms with Gasteiger partial charge in [-0.05, 0) is 43.4 Å². The van der Waals surface area contributed by atoms with Crippen molar-refractivity contribution in [2.45, 2.75) is 44.2 Å². The highest BCUT2D eigenvalue weighted by atomic mass is 35.5. The Bertz CT molecular complexity index is 633. The number of sulfonamides is 1. The Morgan fingerprint density at radius 1 is 1.29 bits per heavy atom. The highest BCUT2D eigenvalue weighted by Crippen LogP contribution is 2.34. The molecule has 2 rings (SSSR count). The molecule has 0 bridgehead atoms. The minimum Gasteiger partial charge on any atom is -0.392 e. The third-order valence-corrected chi connectivity index (χ3v) is 6.98. The molecule has 0 amide bonds. The molecule has 1 aromatic carbocycles. The van der Waals surface area contributed by atoms with Crippen LogP contribution >= 0.6 is 23.2 Å². The molecule has 21 heavy (non-hydrogen) atoms. The highest BCUT2D eigenvalue weighted by Gasteiger charge is 2.35. The van der Waals surface area contributed by atoms with Crippen LogP contribution in [0.15, 0.2) is 17.0 Å². The molecule has 118 valence electrons. The molecule has 1 saturated heterocycles. The van der Waals surface area contributed by atoms with Crippen LogP contribution in [-0.2, 0) is 16.6 Å². The average molecular weight is 352 g/mol. The number of aliphatic hydroxyl groups excluding tert-OH is 1. The molecule has 1 aromatic rings. The third kappa shape index (κ3) is 3.22. The van der Waals surface area contributed by atoms with Gasteiger partial charge in [0.25, 0.3) is 0 Å². The van der Waals surface area contributed by atoms with E-state index in [-0.39, 0.29) is 27.6 Å². The second-order valence-electron chi connectivity index (χ2n) is 5.51. The number of piperidine rings is 1. The van der Waals surface area contributed by atoms with E-state index in [9.17, 15) is 13.5 Å². The van der Waals surface area contributed by atoms with E-state index in [0.29, 0.717) is 18.0 Å². The first kappa shape index (κ1) is 17.0. The minimum absolute atomic E-state index is 0.0126. The van der Waals surface area contributed by atoms with Crippen molar-refractivity contribution in [3.05, 3.63) is 27.7 Å². The maximum absolute atomic E-state index is 12.9. The number of nitrogens with zero attached hydrogens (tertiary/aromatic N) is 1. The smallest absolute Gasteiger partial charge is 0.244 e. The predicted octanol–water partition coefficient (Wildman–Crippen LogP) is 3.29. The van der Waals surface area contributed by atoms with Crippen LogP contribution < -0.4 is 0 Å². The van der Waals surface area contributed by atoms with Crippen molar-refractivity contribution in [3.63, 3.8) is 0 Å². The number of rotatable bonds is 3. The SMILES string of the molecule is CC1CCCN(S(=O)(=O)c2cc(CO)c(Cl)cc2Cl)C1C. The summed E-state index contributed by atoms with van der Waals surface area (Å²) in [6.07, 6.45) is 1.85. The van der Waals surface area contributed by atoms with E-state index in [2.05, 4.69) is 6.92 Å². The molecule has 1 fully saturated rings. The summed E-state index contributed by atoms with van der Waals surface area (Å²) in [6.45, 7) is 4.12. The van der Waals surface area contributed by atoms with Crippen LogP contribution in [0.5, 0.6) is 0 Å². The van der Waals surface area contributed by atoms with Crippen molar-refractivity contribution in [3.8, 4) is 0 Å². The van der Waals surface area contributed by atoms with Crippen LogP contribution in [0.25, 0.3) is 0 Å². The van der Waals surface area contributed by atoms with Crippen LogP contribution in [0.3, 0.4) is 0 Å². The average Bonchev–Trinajstić information content (AvgIpc) is 2.41. The van der Waals surface area contributed by atoms with E-state index < -0.39 is 10.0 Å². The summed E-state index contributed by atoms with van der Waals surface area (Å²) in [5.74, 6) is 0.303. The van der Waals surface area contributed by atoms with Crippen LogP contribution in [0, 0.1) is 5.92 Å². The van der Waals surface area contributed by atoms with Gasteiger partial charge in [-0.3, -0.25) is 0 Å². The molecular formula is C14H19Cl2NO3S. The highest BCUT2D eigenvalue weighted by molar-refractivity contribution is 7.89. The summed E-state index contributed by atoms with van der Waals surface area (Å²) >= 11 is 12.0. The van der Waals surface area contributed by atoms with Crippen molar-refractivity contribution in [2.75, 3.05) is 6.54 Å². The lowest BCUT2D eigenvalue weighted by Gasteiger charge is -2.37. The van der Waals surface area contributed by atoms with Gasteiger partial charge in [-0.15, -0.1) is 0 Å². The molecule has 0 radical (unpaired) electrons. The number of aliphatic hydroxyl groups is 1. The molecule has 2 atom stereocenters. The number of benzene rings is 1. The van der Waals surface area contributed by atoms with Gasteiger partial charge >= 0.3 is 0 Å². The lowest BCUT2D eigenvalue weighted by Crippen LogP contribution is -2.45. The first-order valence-electron chi connectivity index (χ1n) is 6.89. The van der Waals surface area contributed by atoms with Gasteiger partial charge in [0.15, 0.2) is 0 Å². The van der Waals surface area contributed by atoms with Crippen molar-refractivity contribution in [1.29, 1.82) is 0 Å². The van der Waals surface area contributed by atoms with Crippen LogP contribution in [0.4, 0.5) is 0 Å². The second-order valence-corrected chi connectivity index (χ2v) is 8.18. The van der Waals surface area contributed by atoms with Crippen molar-refractivity contribution in [2.24, 2.45) is 5.92 Å². The zero-order chi connectivity index (χ0) is 15.8. The van der Waals surface area contributed by atoms with Crippen LogP contribution in [-0.4, -0.2) is 30.4 Å². The summed E-state index contributed by atoms with van der Waals surface area (Å²) in [5.41, 5.74) is 0.359. The Hall–Kier alpha value is -0.330. The lowest BCUT2D eigenvalue weighted by molar-refractivity contribution is 0.202. The molecule has 0 aliphatic carbocycles. The van der Waals surface area contributed by atoms with Gasteiger partial charge in [0.2, 0.25) is 10.0 Å². The molecule has 0 spiro atoms. The van der Waals surface area contributed by atoms with E-state index in [1.165, 1.54) is 16.4 Å². The van der Waals surface area contributed by atoms with Gasteiger partial charge < -0.3 is 5.11 Å². The molecule has 1 heterocycles. The minimum atomic E-state index is -3.69. The molecule has 7 heteroatoms. The molecule has 0 saturated carbocycles. The summed E-state index contributed by atoms with van der Waals surface area (Å²) in [6, 6.07) is 2.67. The Balaban J connectivity index is 2.49.